The van der Waals surface area contributed by atoms with Crippen LogP contribution in [-0.4, -0.2) is 30.7 Å². The number of hydrogen-bond acceptors (Lipinski definition) is 3. The van der Waals surface area contributed by atoms with Gasteiger partial charge in [0.1, 0.15) is 0 Å². The molecule has 0 aromatic carbocycles. The molecule has 3 nitrogen and oxygen atoms in total. The molecule has 2 N–H and O–H groups in total. The van der Waals surface area contributed by atoms with Crippen molar-refractivity contribution in [2.75, 3.05) is 19.6 Å². The van der Waals surface area contributed by atoms with Gasteiger partial charge in [0, 0.05) is 25.0 Å². The lowest BCUT2D eigenvalue weighted by molar-refractivity contribution is 0.392. The Balaban J connectivity index is 1.66. The van der Waals surface area contributed by atoms with Crippen molar-refractivity contribution < 1.29 is 0 Å². The molecule has 15 heavy (non-hydrogen) atoms. The molecular formula is C12H19N3. The second-order valence-electron chi connectivity index (χ2n) is 4.10. The Labute approximate surface area is 91.3 Å². The van der Waals surface area contributed by atoms with Gasteiger partial charge in [-0.15, -0.1) is 0 Å². The topological polar surface area (TPSA) is 37.0 Å². The maximum absolute atomic E-state index is 4.01. The zero-order valence-corrected chi connectivity index (χ0v) is 9.08. The van der Waals surface area contributed by atoms with Gasteiger partial charge in [0.25, 0.3) is 0 Å². The van der Waals surface area contributed by atoms with Crippen LogP contribution in [0.1, 0.15) is 18.4 Å². The van der Waals surface area contributed by atoms with E-state index in [1.807, 2.05) is 12.4 Å². The van der Waals surface area contributed by atoms with Gasteiger partial charge in [-0.1, -0.05) is 0 Å². The van der Waals surface area contributed by atoms with Crippen LogP contribution in [0.4, 0.5) is 0 Å². The molecule has 0 amide bonds. The summed E-state index contributed by atoms with van der Waals surface area (Å²) in [5.41, 5.74) is 1.36. The number of aromatic nitrogens is 1. The molecule has 82 valence electrons. The summed E-state index contributed by atoms with van der Waals surface area (Å²) < 4.78 is 0. The zero-order chi connectivity index (χ0) is 10.3. The highest BCUT2D eigenvalue weighted by Crippen LogP contribution is 2.02. The third-order valence-electron chi connectivity index (χ3n) is 2.89. The van der Waals surface area contributed by atoms with Gasteiger partial charge in [-0.25, -0.2) is 0 Å². The minimum absolute atomic E-state index is 0.667. The molecule has 1 saturated heterocycles. The molecule has 2 heterocycles. The third-order valence-corrected chi connectivity index (χ3v) is 2.89. The lowest BCUT2D eigenvalue weighted by Crippen LogP contribution is -2.43. The highest BCUT2D eigenvalue weighted by Gasteiger charge is 2.10. The summed E-state index contributed by atoms with van der Waals surface area (Å²) in [7, 11) is 0. The Morgan fingerprint density at radius 3 is 3.00 bits per heavy atom. The Kier molecular flexibility index (Phi) is 4.11. The standard InChI is InChI=1S/C12H19N3/c1-2-12(10-14-6-1)15-9-5-11-3-7-13-8-4-11/h3-4,7-8,12,14-15H,1-2,5-6,9-10H2. The summed E-state index contributed by atoms with van der Waals surface area (Å²) in [6, 6.07) is 4.84. The van der Waals surface area contributed by atoms with Crippen molar-refractivity contribution in [2.24, 2.45) is 0 Å². The molecule has 0 spiro atoms. The van der Waals surface area contributed by atoms with E-state index >= 15 is 0 Å². The molecule has 1 fully saturated rings. The molecule has 3 heteroatoms. The Morgan fingerprint density at radius 2 is 2.27 bits per heavy atom. The predicted octanol–water partition coefficient (Wildman–Crippen LogP) is 0.966. The van der Waals surface area contributed by atoms with E-state index in [4.69, 9.17) is 0 Å². The van der Waals surface area contributed by atoms with Crippen LogP contribution in [0, 0.1) is 0 Å². The van der Waals surface area contributed by atoms with Crippen LogP contribution in [-0.2, 0) is 6.42 Å². The minimum atomic E-state index is 0.667. The van der Waals surface area contributed by atoms with Crippen LogP contribution in [0.25, 0.3) is 0 Å². The van der Waals surface area contributed by atoms with Crippen LogP contribution in [0.5, 0.6) is 0 Å². The smallest absolute Gasteiger partial charge is 0.0270 e. The quantitative estimate of drug-likeness (QED) is 0.769. The van der Waals surface area contributed by atoms with E-state index in [1.54, 1.807) is 0 Å². The van der Waals surface area contributed by atoms with Gasteiger partial charge in [0.15, 0.2) is 0 Å². The zero-order valence-electron chi connectivity index (χ0n) is 9.08. The van der Waals surface area contributed by atoms with Gasteiger partial charge in [0.05, 0.1) is 0 Å². The summed E-state index contributed by atoms with van der Waals surface area (Å²) in [5, 5.41) is 7.00. The highest BCUT2D eigenvalue weighted by atomic mass is 15.0. The van der Waals surface area contributed by atoms with Gasteiger partial charge < -0.3 is 10.6 Å². The van der Waals surface area contributed by atoms with E-state index in [9.17, 15) is 0 Å². The van der Waals surface area contributed by atoms with Crippen LogP contribution >= 0.6 is 0 Å². The van der Waals surface area contributed by atoms with E-state index in [2.05, 4.69) is 27.8 Å². The van der Waals surface area contributed by atoms with Crippen molar-refractivity contribution in [3.63, 3.8) is 0 Å². The minimum Gasteiger partial charge on any atom is -0.315 e. The fourth-order valence-electron chi connectivity index (χ4n) is 2.00. The van der Waals surface area contributed by atoms with Crippen LogP contribution in [0.3, 0.4) is 0 Å². The number of hydrogen-bond donors (Lipinski definition) is 2. The van der Waals surface area contributed by atoms with Gasteiger partial charge in [-0.05, 0) is 50.0 Å². The fourth-order valence-corrected chi connectivity index (χ4v) is 2.00. The molecular weight excluding hydrogens is 186 g/mol. The predicted molar refractivity (Wildman–Crippen MR) is 61.8 cm³/mol. The SMILES string of the molecule is c1cc(CCNC2CCCNC2)ccn1. The van der Waals surface area contributed by atoms with Crippen molar-refractivity contribution >= 4 is 0 Å². The van der Waals surface area contributed by atoms with E-state index in [1.165, 1.54) is 24.9 Å². The second kappa shape index (κ2) is 5.83. The maximum atomic E-state index is 4.01. The Bertz CT molecular complexity index is 267. The molecule has 1 unspecified atom stereocenters. The summed E-state index contributed by atoms with van der Waals surface area (Å²) >= 11 is 0. The number of pyridine rings is 1. The molecule has 0 bridgehead atoms. The first-order valence-corrected chi connectivity index (χ1v) is 5.78. The van der Waals surface area contributed by atoms with Gasteiger partial charge >= 0.3 is 0 Å². The highest BCUT2D eigenvalue weighted by molar-refractivity contribution is 5.09. The molecule has 1 aliphatic rings. The Morgan fingerprint density at radius 1 is 1.40 bits per heavy atom. The normalized spacial score (nSPS) is 21.5. The van der Waals surface area contributed by atoms with Gasteiger partial charge in [-0.2, -0.15) is 0 Å². The average molecular weight is 205 g/mol. The summed E-state index contributed by atoms with van der Waals surface area (Å²) in [6.07, 6.45) is 7.42. The van der Waals surface area contributed by atoms with Crippen molar-refractivity contribution in [1.82, 2.24) is 15.6 Å². The van der Waals surface area contributed by atoms with E-state index < -0.39 is 0 Å². The lowest BCUT2D eigenvalue weighted by atomic mass is 10.1. The molecule has 2 rings (SSSR count). The molecule has 1 atom stereocenters. The first kappa shape index (κ1) is 10.6. The van der Waals surface area contributed by atoms with Crippen molar-refractivity contribution in [2.45, 2.75) is 25.3 Å². The van der Waals surface area contributed by atoms with Crippen LogP contribution in [0.2, 0.25) is 0 Å². The largest absolute Gasteiger partial charge is 0.315 e. The fraction of sp³-hybridized carbons (Fsp3) is 0.583. The monoisotopic (exact) mass is 205 g/mol. The molecule has 0 aliphatic carbocycles. The summed E-state index contributed by atoms with van der Waals surface area (Å²) in [6.45, 7) is 3.37. The first-order chi connectivity index (χ1) is 7.45. The molecule has 1 aromatic heterocycles. The van der Waals surface area contributed by atoms with Gasteiger partial charge in [0.2, 0.25) is 0 Å². The van der Waals surface area contributed by atoms with Gasteiger partial charge in [-0.3, -0.25) is 4.98 Å². The number of rotatable bonds is 4. The summed E-state index contributed by atoms with van der Waals surface area (Å²) in [4.78, 5) is 4.01. The van der Waals surface area contributed by atoms with Crippen molar-refractivity contribution in [3.8, 4) is 0 Å². The molecule has 1 aromatic rings. The van der Waals surface area contributed by atoms with E-state index in [0.717, 1.165) is 19.5 Å². The van der Waals surface area contributed by atoms with Crippen molar-refractivity contribution in [1.29, 1.82) is 0 Å². The number of piperidine rings is 1. The molecule has 0 saturated carbocycles. The maximum Gasteiger partial charge on any atom is 0.0270 e. The Hall–Kier alpha value is -0.930. The molecule has 0 radical (unpaired) electrons. The van der Waals surface area contributed by atoms with Crippen LogP contribution in [0.15, 0.2) is 24.5 Å². The third kappa shape index (κ3) is 3.61. The van der Waals surface area contributed by atoms with E-state index in [0.29, 0.717) is 6.04 Å². The first-order valence-electron chi connectivity index (χ1n) is 5.78. The van der Waals surface area contributed by atoms with E-state index in [-0.39, 0.29) is 0 Å². The average Bonchev–Trinajstić information content (AvgIpc) is 2.32. The lowest BCUT2D eigenvalue weighted by Gasteiger charge is -2.23. The molecule has 1 aliphatic heterocycles. The summed E-state index contributed by atoms with van der Waals surface area (Å²) in [5.74, 6) is 0. The van der Waals surface area contributed by atoms with Crippen LogP contribution < -0.4 is 10.6 Å². The number of nitrogens with zero attached hydrogens (tertiary/aromatic N) is 1. The van der Waals surface area contributed by atoms with Crippen molar-refractivity contribution in [3.05, 3.63) is 30.1 Å². The number of nitrogens with one attached hydrogen (secondary N) is 2. The second-order valence-corrected chi connectivity index (χ2v) is 4.10.